The third kappa shape index (κ3) is 4.94. The second kappa shape index (κ2) is 9.49. The number of nitrogens with one attached hydrogen (secondary N) is 1. The van der Waals surface area contributed by atoms with Gasteiger partial charge in [0.05, 0.1) is 10.6 Å². The van der Waals surface area contributed by atoms with Crippen molar-refractivity contribution in [3.63, 3.8) is 0 Å². The Morgan fingerprint density at radius 1 is 1.10 bits per heavy atom. The number of benzene rings is 2. The Balaban J connectivity index is 1.48. The molecule has 0 saturated carbocycles. The third-order valence-electron chi connectivity index (χ3n) is 5.46. The summed E-state index contributed by atoms with van der Waals surface area (Å²) in [6, 6.07) is 15.8. The fourth-order valence-corrected chi connectivity index (χ4v) is 4.85. The summed E-state index contributed by atoms with van der Waals surface area (Å²) in [5.74, 6) is -0.257. The first-order valence-corrected chi connectivity index (χ1v) is 11.3. The lowest BCUT2D eigenvalue weighted by atomic mass is 10.1. The smallest absolute Gasteiger partial charge is 0.265 e. The van der Waals surface area contributed by atoms with E-state index in [1.165, 1.54) is 30.2 Å². The lowest BCUT2D eigenvalue weighted by Gasteiger charge is -2.30. The van der Waals surface area contributed by atoms with Crippen molar-refractivity contribution in [2.75, 3.05) is 37.6 Å². The lowest BCUT2D eigenvalue weighted by Crippen LogP contribution is -2.44. The standard InChI is InChI=1S/C24H27N3O2S/c1-18-8-10-19(11-9-18)16-22-24(29)27(20-6-2-3-7-21(20)30-22)17-23(28)25-12-15-26-13-4-5-14-26/h2-3,6-11,16H,4-5,12-15,17H2,1H3,(H,25,28)/b22-16+. The minimum absolute atomic E-state index is 0.0294. The van der Waals surface area contributed by atoms with Crippen molar-refractivity contribution in [2.24, 2.45) is 0 Å². The van der Waals surface area contributed by atoms with Gasteiger partial charge in [-0.05, 0) is 56.6 Å². The van der Waals surface area contributed by atoms with Crippen LogP contribution in [0.15, 0.2) is 58.3 Å². The molecule has 0 radical (unpaired) electrons. The number of nitrogens with zero attached hydrogens (tertiary/aromatic N) is 2. The van der Waals surface area contributed by atoms with Crippen molar-refractivity contribution in [3.8, 4) is 0 Å². The lowest BCUT2D eigenvalue weighted by molar-refractivity contribution is -0.122. The van der Waals surface area contributed by atoms with Gasteiger partial charge in [-0.2, -0.15) is 0 Å². The minimum Gasteiger partial charge on any atom is -0.353 e. The normalized spacial score (nSPS) is 18.0. The number of thioether (sulfide) groups is 1. The van der Waals surface area contributed by atoms with E-state index in [0.29, 0.717) is 11.4 Å². The molecule has 2 aromatic rings. The van der Waals surface area contributed by atoms with Gasteiger partial charge in [0.1, 0.15) is 6.54 Å². The van der Waals surface area contributed by atoms with Gasteiger partial charge in [0.25, 0.3) is 5.91 Å². The fourth-order valence-electron chi connectivity index (χ4n) is 3.79. The van der Waals surface area contributed by atoms with E-state index in [9.17, 15) is 9.59 Å². The SMILES string of the molecule is Cc1ccc(/C=C2/Sc3ccccc3N(CC(=O)NCCN3CCCC3)C2=O)cc1. The first kappa shape index (κ1) is 20.7. The number of likely N-dealkylation sites (tertiary alicyclic amines) is 1. The summed E-state index contributed by atoms with van der Waals surface area (Å²) in [5.41, 5.74) is 2.95. The van der Waals surface area contributed by atoms with Gasteiger partial charge < -0.3 is 10.2 Å². The van der Waals surface area contributed by atoms with Crippen LogP contribution in [-0.4, -0.2) is 49.4 Å². The highest BCUT2D eigenvalue weighted by Gasteiger charge is 2.30. The molecule has 4 rings (SSSR count). The topological polar surface area (TPSA) is 52.7 Å². The van der Waals surface area contributed by atoms with Gasteiger partial charge in [-0.25, -0.2) is 0 Å². The van der Waals surface area contributed by atoms with E-state index in [-0.39, 0.29) is 18.4 Å². The maximum absolute atomic E-state index is 13.2. The molecule has 2 aliphatic rings. The number of para-hydroxylation sites is 1. The van der Waals surface area contributed by atoms with Crippen molar-refractivity contribution in [1.29, 1.82) is 0 Å². The number of carbonyl (C=O) groups excluding carboxylic acids is 2. The number of fused-ring (bicyclic) bond motifs is 1. The summed E-state index contributed by atoms with van der Waals surface area (Å²) in [6.45, 7) is 5.77. The van der Waals surface area contributed by atoms with Gasteiger partial charge in [0.15, 0.2) is 0 Å². The molecule has 1 saturated heterocycles. The van der Waals surface area contributed by atoms with Crippen molar-refractivity contribution in [3.05, 3.63) is 64.6 Å². The van der Waals surface area contributed by atoms with Gasteiger partial charge in [0, 0.05) is 18.0 Å². The van der Waals surface area contributed by atoms with Gasteiger partial charge in [0.2, 0.25) is 5.91 Å². The van der Waals surface area contributed by atoms with E-state index >= 15 is 0 Å². The Morgan fingerprint density at radius 3 is 2.60 bits per heavy atom. The average molecular weight is 422 g/mol. The monoisotopic (exact) mass is 421 g/mol. The molecular formula is C24H27N3O2S. The van der Waals surface area contributed by atoms with E-state index in [4.69, 9.17) is 0 Å². The number of aryl methyl sites for hydroxylation is 1. The summed E-state index contributed by atoms with van der Waals surface area (Å²) in [5, 5.41) is 2.98. The molecule has 2 amide bonds. The molecule has 30 heavy (non-hydrogen) atoms. The molecule has 0 bridgehead atoms. The quantitative estimate of drug-likeness (QED) is 0.723. The molecule has 5 nitrogen and oxygen atoms in total. The van der Waals surface area contributed by atoms with Crippen LogP contribution in [0.3, 0.4) is 0 Å². The van der Waals surface area contributed by atoms with E-state index < -0.39 is 0 Å². The Bertz CT molecular complexity index is 949. The van der Waals surface area contributed by atoms with Crippen LogP contribution in [0, 0.1) is 6.92 Å². The van der Waals surface area contributed by atoms with Crippen molar-refractivity contribution >= 4 is 35.3 Å². The van der Waals surface area contributed by atoms with Gasteiger partial charge in [-0.1, -0.05) is 53.7 Å². The molecular weight excluding hydrogens is 394 g/mol. The number of carbonyl (C=O) groups is 2. The number of hydrogen-bond donors (Lipinski definition) is 1. The molecule has 1 fully saturated rings. The van der Waals surface area contributed by atoms with E-state index in [1.807, 2.05) is 61.5 Å². The van der Waals surface area contributed by atoms with Gasteiger partial charge in [-0.3, -0.25) is 14.5 Å². The summed E-state index contributed by atoms with van der Waals surface area (Å²) in [6.07, 6.45) is 4.38. The molecule has 1 N–H and O–H groups in total. The van der Waals surface area contributed by atoms with Crippen LogP contribution < -0.4 is 10.2 Å². The number of hydrogen-bond acceptors (Lipinski definition) is 4. The van der Waals surface area contributed by atoms with E-state index in [1.54, 1.807) is 4.90 Å². The Hall–Kier alpha value is -2.57. The first-order chi connectivity index (χ1) is 14.6. The van der Waals surface area contributed by atoms with Crippen LogP contribution in [0.5, 0.6) is 0 Å². The highest BCUT2D eigenvalue weighted by atomic mass is 32.2. The van der Waals surface area contributed by atoms with Crippen molar-refractivity contribution in [2.45, 2.75) is 24.7 Å². The first-order valence-electron chi connectivity index (χ1n) is 10.5. The Kier molecular flexibility index (Phi) is 6.55. The largest absolute Gasteiger partial charge is 0.353 e. The van der Waals surface area contributed by atoms with Crippen LogP contribution in [0.4, 0.5) is 5.69 Å². The molecule has 156 valence electrons. The molecule has 0 spiro atoms. The molecule has 0 aliphatic carbocycles. The maximum atomic E-state index is 13.2. The predicted molar refractivity (Wildman–Crippen MR) is 122 cm³/mol. The van der Waals surface area contributed by atoms with Crippen LogP contribution in [0.1, 0.15) is 24.0 Å². The Morgan fingerprint density at radius 2 is 1.83 bits per heavy atom. The second-order valence-corrected chi connectivity index (χ2v) is 8.86. The van der Waals surface area contributed by atoms with Gasteiger partial charge >= 0.3 is 0 Å². The molecule has 2 aliphatic heterocycles. The molecule has 2 heterocycles. The zero-order valence-corrected chi connectivity index (χ0v) is 18.1. The zero-order chi connectivity index (χ0) is 20.9. The minimum atomic E-state index is -0.131. The van der Waals surface area contributed by atoms with Crippen molar-refractivity contribution < 1.29 is 9.59 Å². The summed E-state index contributed by atoms with van der Waals surface area (Å²) in [7, 11) is 0. The zero-order valence-electron chi connectivity index (χ0n) is 17.3. The molecule has 0 atom stereocenters. The number of amides is 2. The van der Waals surface area contributed by atoms with Gasteiger partial charge in [-0.15, -0.1) is 0 Å². The molecule has 0 unspecified atom stereocenters. The highest BCUT2D eigenvalue weighted by Crippen LogP contribution is 2.41. The van der Waals surface area contributed by atoms with Crippen LogP contribution in [-0.2, 0) is 9.59 Å². The van der Waals surface area contributed by atoms with E-state index in [0.717, 1.165) is 35.8 Å². The van der Waals surface area contributed by atoms with E-state index in [2.05, 4.69) is 10.2 Å². The van der Waals surface area contributed by atoms with Crippen LogP contribution >= 0.6 is 11.8 Å². The third-order valence-corrected chi connectivity index (χ3v) is 6.54. The average Bonchev–Trinajstić information content (AvgIpc) is 3.26. The maximum Gasteiger partial charge on any atom is 0.265 e. The second-order valence-electron chi connectivity index (χ2n) is 7.78. The van der Waals surface area contributed by atoms with Crippen LogP contribution in [0.25, 0.3) is 6.08 Å². The summed E-state index contributed by atoms with van der Waals surface area (Å²) in [4.78, 5) is 31.4. The highest BCUT2D eigenvalue weighted by molar-refractivity contribution is 8.04. The molecule has 6 heteroatoms. The molecule has 0 aromatic heterocycles. The number of rotatable bonds is 6. The van der Waals surface area contributed by atoms with Crippen molar-refractivity contribution in [1.82, 2.24) is 10.2 Å². The predicted octanol–water partition coefficient (Wildman–Crippen LogP) is 3.69. The molecule has 2 aromatic carbocycles. The summed E-state index contributed by atoms with van der Waals surface area (Å²) < 4.78 is 0. The Labute approximate surface area is 182 Å². The summed E-state index contributed by atoms with van der Waals surface area (Å²) >= 11 is 1.46. The fraction of sp³-hybridized carbons (Fsp3) is 0.333. The van der Waals surface area contributed by atoms with Crippen LogP contribution in [0.2, 0.25) is 0 Å². The number of anilines is 1.